The molecule has 0 spiro atoms. The largest absolute Gasteiger partial charge is 0.493 e. The second-order valence-corrected chi connectivity index (χ2v) is 3.71. The maximum atomic E-state index is 5.20. The van der Waals surface area contributed by atoms with Crippen LogP contribution in [0.1, 0.15) is 5.56 Å². The molecule has 0 aliphatic rings. The maximum absolute atomic E-state index is 5.20. The predicted molar refractivity (Wildman–Crippen MR) is 69.9 cm³/mol. The van der Waals surface area contributed by atoms with Crippen molar-refractivity contribution in [3.8, 4) is 11.5 Å². The Morgan fingerprint density at radius 1 is 1.33 bits per heavy atom. The van der Waals surface area contributed by atoms with Gasteiger partial charge in [0.25, 0.3) is 0 Å². The monoisotopic (exact) mass is 264 g/mol. The Kier molecular flexibility index (Phi) is 3.73. The summed E-state index contributed by atoms with van der Waals surface area (Å²) in [7, 11) is 3.18. The molecule has 1 heterocycles. The zero-order valence-electron chi connectivity index (χ0n) is 9.95. The molecular formula is C11H12N4O2S. The Hall–Kier alpha value is -2.15. The average molecular weight is 264 g/mol. The van der Waals surface area contributed by atoms with Crippen molar-refractivity contribution >= 4 is 18.4 Å². The number of aromatic nitrogens is 3. The minimum Gasteiger partial charge on any atom is -0.493 e. The molecule has 7 heteroatoms. The molecule has 1 aromatic carbocycles. The first-order valence-corrected chi connectivity index (χ1v) is 5.54. The topological polar surface area (TPSA) is 64.4 Å². The highest BCUT2D eigenvalue weighted by Crippen LogP contribution is 2.26. The molecule has 2 aromatic rings. The van der Waals surface area contributed by atoms with Crippen molar-refractivity contribution in [1.29, 1.82) is 0 Å². The minimum atomic E-state index is 0.367. The zero-order valence-corrected chi connectivity index (χ0v) is 10.8. The van der Waals surface area contributed by atoms with Crippen LogP contribution in [-0.4, -0.2) is 35.3 Å². The van der Waals surface area contributed by atoms with Crippen LogP contribution in [-0.2, 0) is 0 Å². The van der Waals surface area contributed by atoms with Gasteiger partial charge in [0, 0.05) is 0 Å². The second kappa shape index (κ2) is 5.46. The number of aromatic amines is 1. The number of hydrogen-bond donors (Lipinski definition) is 1. The molecule has 6 nitrogen and oxygen atoms in total. The van der Waals surface area contributed by atoms with Crippen molar-refractivity contribution < 1.29 is 9.47 Å². The molecule has 0 aliphatic carbocycles. The van der Waals surface area contributed by atoms with Crippen LogP contribution in [0.5, 0.6) is 11.5 Å². The number of methoxy groups -OCH3 is 2. The van der Waals surface area contributed by atoms with Gasteiger partial charge in [0.05, 0.1) is 20.4 Å². The van der Waals surface area contributed by atoms with Gasteiger partial charge in [-0.15, -0.1) is 4.79 Å². The Labute approximate surface area is 109 Å². The van der Waals surface area contributed by atoms with E-state index in [1.54, 1.807) is 20.4 Å². The van der Waals surface area contributed by atoms with Gasteiger partial charge in [-0.25, -0.2) is 4.98 Å². The third-order valence-corrected chi connectivity index (χ3v) is 2.54. The Bertz CT molecular complexity index is 618. The smallest absolute Gasteiger partial charge is 0.238 e. The summed E-state index contributed by atoms with van der Waals surface area (Å²) in [5.74, 6) is 1.32. The third kappa shape index (κ3) is 2.57. The molecule has 0 aliphatic heterocycles. The third-order valence-electron chi connectivity index (χ3n) is 2.27. The summed E-state index contributed by atoms with van der Waals surface area (Å²) < 4.78 is 10.7. The molecule has 0 radical (unpaired) electrons. The quantitative estimate of drug-likeness (QED) is 0.676. The molecule has 0 atom stereocenters. The van der Waals surface area contributed by atoms with E-state index < -0.39 is 0 Å². The van der Waals surface area contributed by atoms with E-state index >= 15 is 0 Å². The highest BCUT2D eigenvalue weighted by molar-refractivity contribution is 7.71. The van der Waals surface area contributed by atoms with Crippen LogP contribution in [0.15, 0.2) is 29.6 Å². The lowest BCUT2D eigenvalue weighted by Gasteiger charge is -2.07. The number of nitrogens with one attached hydrogen (secondary N) is 1. The lowest BCUT2D eigenvalue weighted by atomic mass is 10.2. The molecule has 0 amide bonds. The SMILES string of the molecule is COc1ccc(/C=N\n2[nH]cnc2=S)cc1OC. The van der Waals surface area contributed by atoms with E-state index in [1.165, 1.54) is 11.1 Å². The van der Waals surface area contributed by atoms with E-state index in [-0.39, 0.29) is 0 Å². The summed E-state index contributed by atoms with van der Waals surface area (Å²) in [6, 6.07) is 5.50. The summed E-state index contributed by atoms with van der Waals surface area (Å²) in [5, 5.41) is 6.91. The van der Waals surface area contributed by atoms with E-state index in [2.05, 4.69) is 15.2 Å². The van der Waals surface area contributed by atoms with Gasteiger partial charge in [-0.2, -0.15) is 5.10 Å². The first kappa shape index (κ1) is 12.3. The van der Waals surface area contributed by atoms with E-state index in [0.29, 0.717) is 16.3 Å². The Balaban J connectivity index is 2.27. The van der Waals surface area contributed by atoms with Gasteiger partial charge in [-0.1, -0.05) is 0 Å². The molecule has 1 N–H and O–H groups in total. The van der Waals surface area contributed by atoms with Gasteiger partial charge in [-0.05, 0) is 36.0 Å². The summed E-state index contributed by atoms with van der Waals surface area (Å²) >= 11 is 4.95. The molecule has 18 heavy (non-hydrogen) atoms. The fourth-order valence-electron chi connectivity index (χ4n) is 1.39. The standard InChI is InChI=1S/C11H12N4O2S/c1-16-9-4-3-8(5-10(9)17-2)6-13-15-11(18)12-7-14-15/h3-7H,1-2H3,(H,12,14,18)/b13-6-. The molecule has 2 rings (SSSR count). The molecule has 1 aromatic heterocycles. The van der Waals surface area contributed by atoms with Crippen LogP contribution < -0.4 is 9.47 Å². The van der Waals surface area contributed by atoms with Gasteiger partial charge in [0.1, 0.15) is 6.33 Å². The van der Waals surface area contributed by atoms with Gasteiger partial charge >= 0.3 is 0 Å². The van der Waals surface area contributed by atoms with Crippen LogP contribution in [0.2, 0.25) is 0 Å². The van der Waals surface area contributed by atoms with Crippen molar-refractivity contribution in [2.24, 2.45) is 5.10 Å². The second-order valence-electron chi connectivity index (χ2n) is 3.34. The first-order chi connectivity index (χ1) is 8.74. The van der Waals surface area contributed by atoms with E-state index in [9.17, 15) is 0 Å². The van der Waals surface area contributed by atoms with Crippen LogP contribution in [0.4, 0.5) is 0 Å². The lowest BCUT2D eigenvalue weighted by Crippen LogP contribution is -1.95. The summed E-state index contributed by atoms with van der Waals surface area (Å²) in [6.45, 7) is 0. The molecule has 0 saturated heterocycles. The van der Waals surface area contributed by atoms with Crippen molar-refractivity contribution in [3.05, 3.63) is 34.9 Å². The average Bonchev–Trinajstić information content (AvgIpc) is 2.81. The number of H-pyrrole nitrogens is 1. The molecule has 0 bridgehead atoms. The highest BCUT2D eigenvalue weighted by atomic mass is 32.1. The summed E-state index contributed by atoms with van der Waals surface area (Å²) in [4.78, 5) is 5.25. The van der Waals surface area contributed by atoms with Gasteiger partial charge < -0.3 is 9.47 Å². The summed E-state index contributed by atoms with van der Waals surface area (Å²) in [5.41, 5.74) is 0.865. The fourth-order valence-corrected chi connectivity index (χ4v) is 1.54. The fraction of sp³-hybridized carbons (Fsp3) is 0.182. The zero-order chi connectivity index (χ0) is 13.0. The first-order valence-electron chi connectivity index (χ1n) is 5.13. The minimum absolute atomic E-state index is 0.367. The van der Waals surface area contributed by atoms with Crippen LogP contribution in [0.25, 0.3) is 0 Å². The van der Waals surface area contributed by atoms with Gasteiger partial charge in [-0.3, -0.25) is 5.10 Å². The Morgan fingerprint density at radius 3 is 2.72 bits per heavy atom. The van der Waals surface area contributed by atoms with E-state index in [4.69, 9.17) is 21.7 Å². The molecule has 0 unspecified atom stereocenters. The highest BCUT2D eigenvalue weighted by Gasteiger charge is 2.02. The van der Waals surface area contributed by atoms with Gasteiger partial charge in [0.2, 0.25) is 4.77 Å². The number of rotatable bonds is 4. The number of hydrogen-bond acceptors (Lipinski definition) is 5. The van der Waals surface area contributed by atoms with Crippen LogP contribution >= 0.6 is 12.2 Å². The van der Waals surface area contributed by atoms with Crippen molar-refractivity contribution in [3.63, 3.8) is 0 Å². The normalized spacial score (nSPS) is 10.8. The van der Waals surface area contributed by atoms with Crippen molar-refractivity contribution in [2.75, 3.05) is 14.2 Å². The van der Waals surface area contributed by atoms with Crippen LogP contribution in [0, 0.1) is 4.77 Å². The lowest BCUT2D eigenvalue weighted by molar-refractivity contribution is 0.355. The number of benzene rings is 1. The number of ether oxygens (including phenoxy) is 2. The van der Waals surface area contributed by atoms with E-state index in [0.717, 1.165) is 5.56 Å². The molecular weight excluding hydrogens is 252 g/mol. The van der Waals surface area contributed by atoms with Crippen molar-refractivity contribution in [1.82, 2.24) is 14.9 Å². The summed E-state index contributed by atoms with van der Waals surface area (Å²) in [6.07, 6.45) is 3.13. The maximum Gasteiger partial charge on any atom is 0.238 e. The van der Waals surface area contributed by atoms with Crippen molar-refractivity contribution in [2.45, 2.75) is 0 Å². The van der Waals surface area contributed by atoms with E-state index in [1.807, 2.05) is 18.2 Å². The van der Waals surface area contributed by atoms with Gasteiger partial charge in [0.15, 0.2) is 11.5 Å². The predicted octanol–water partition coefficient (Wildman–Crippen LogP) is 1.84. The molecule has 0 fully saturated rings. The molecule has 0 saturated carbocycles. The molecule has 94 valence electrons. The number of nitrogens with zero attached hydrogens (tertiary/aromatic N) is 3. The van der Waals surface area contributed by atoms with Crippen LogP contribution in [0.3, 0.4) is 0 Å². The Morgan fingerprint density at radius 2 is 2.11 bits per heavy atom.